The molecular formula is C16H18ClN4O3S+. The van der Waals surface area contributed by atoms with E-state index < -0.39 is 12.1 Å². The molecule has 1 fully saturated rings. The largest absolute Gasteiger partial charge is 0.396 e. The highest BCUT2D eigenvalue weighted by molar-refractivity contribution is 8.13. The highest BCUT2D eigenvalue weighted by Gasteiger charge is 2.53. The lowest BCUT2D eigenvalue weighted by atomic mass is 10.1. The number of aliphatic hydroxyl groups excluding tert-OH is 1. The van der Waals surface area contributed by atoms with Crippen molar-refractivity contribution in [2.45, 2.75) is 12.6 Å². The number of nitrogens with zero attached hydrogens (tertiary/aromatic N) is 4. The number of amides is 3. The lowest BCUT2D eigenvalue weighted by Gasteiger charge is -2.30. The number of likely N-dealkylation sites (N-methyl/N-ethyl adjacent to an activating group) is 2. The van der Waals surface area contributed by atoms with Gasteiger partial charge in [-0.15, -0.1) is 0 Å². The van der Waals surface area contributed by atoms with Gasteiger partial charge in [0, 0.05) is 24.9 Å². The van der Waals surface area contributed by atoms with Crippen LogP contribution < -0.4 is 0 Å². The zero-order valence-corrected chi connectivity index (χ0v) is 15.4. The van der Waals surface area contributed by atoms with Gasteiger partial charge in [-0.3, -0.25) is 14.6 Å². The predicted molar refractivity (Wildman–Crippen MR) is 97.1 cm³/mol. The van der Waals surface area contributed by atoms with E-state index in [0.717, 1.165) is 10.5 Å². The molecule has 25 heavy (non-hydrogen) atoms. The van der Waals surface area contributed by atoms with E-state index in [9.17, 15) is 9.59 Å². The summed E-state index contributed by atoms with van der Waals surface area (Å²) in [6, 6.07) is 6.31. The summed E-state index contributed by atoms with van der Waals surface area (Å²) < 4.78 is 1.86. The number of rotatable bonds is 4. The summed E-state index contributed by atoms with van der Waals surface area (Å²) in [6.07, 6.45) is 0. The Balaban J connectivity index is 1.98. The summed E-state index contributed by atoms with van der Waals surface area (Å²) in [4.78, 5) is 31.9. The van der Waals surface area contributed by atoms with E-state index in [1.54, 1.807) is 19.2 Å². The number of carbonyl (C=O) groups excluding carboxylic acids is 2. The van der Waals surface area contributed by atoms with Crippen molar-refractivity contribution in [1.29, 1.82) is 0 Å². The molecule has 1 N–H and O–H groups in total. The smallest absolute Gasteiger partial charge is 0.358 e. The molecule has 1 aromatic carbocycles. The average Bonchev–Trinajstić information content (AvgIpc) is 2.96. The average molecular weight is 382 g/mol. The topological polar surface area (TPSA) is 76.2 Å². The van der Waals surface area contributed by atoms with Crippen LogP contribution in [0.5, 0.6) is 0 Å². The number of hydrogen-bond acceptors (Lipinski definition) is 5. The molecule has 0 spiro atoms. The fourth-order valence-corrected chi connectivity index (χ4v) is 3.67. The highest BCUT2D eigenvalue weighted by atomic mass is 35.5. The molecule has 2 aliphatic rings. The summed E-state index contributed by atoms with van der Waals surface area (Å²) in [5, 5.41) is 10.4. The van der Waals surface area contributed by atoms with E-state index in [0.29, 0.717) is 28.3 Å². The molecule has 2 heterocycles. The third-order valence-electron chi connectivity index (χ3n) is 4.08. The van der Waals surface area contributed by atoms with Gasteiger partial charge < -0.3 is 5.11 Å². The van der Waals surface area contributed by atoms with Gasteiger partial charge in [0.2, 0.25) is 0 Å². The third-order valence-corrected chi connectivity index (χ3v) is 5.31. The van der Waals surface area contributed by atoms with Crippen molar-refractivity contribution in [3.63, 3.8) is 0 Å². The van der Waals surface area contributed by atoms with Crippen LogP contribution in [0.1, 0.15) is 5.56 Å². The molecule has 0 saturated carbocycles. The molecule has 1 aromatic rings. The molecule has 0 aliphatic carbocycles. The SMILES string of the molecule is CN1C(=O)C2C(=NC(SCCO)=[N+]2Cc2ccc(Cl)cc2)N(C)C1=O. The van der Waals surface area contributed by atoms with Gasteiger partial charge in [-0.25, -0.2) is 9.37 Å². The first kappa shape index (κ1) is 17.9. The van der Waals surface area contributed by atoms with Crippen LogP contribution in [0, 0.1) is 0 Å². The number of hydrogen-bond donors (Lipinski definition) is 1. The van der Waals surface area contributed by atoms with E-state index >= 15 is 0 Å². The van der Waals surface area contributed by atoms with Crippen LogP contribution in [-0.4, -0.2) is 74.9 Å². The van der Waals surface area contributed by atoms with Gasteiger partial charge in [-0.2, -0.15) is 0 Å². The van der Waals surface area contributed by atoms with Gasteiger partial charge in [0.1, 0.15) is 6.54 Å². The summed E-state index contributed by atoms with van der Waals surface area (Å²) in [5.74, 6) is 0.565. The zero-order valence-electron chi connectivity index (χ0n) is 13.8. The lowest BCUT2D eigenvalue weighted by Crippen LogP contribution is -2.61. The van der Waals surface area contributed by atoms with E-state index in [-0.39, 0.29) is 12.5 Å². The molecule has 0 radical (unpaired) electrons. The maximum absolute atomic E-state index is 12.7. The first-order chi connectivity index (χ1) is 11.9. The Morgan fingerprint density at radius 2 is 1.92 bits per heavy atom. The quantitative estimate of drug-likeness (QED) is 0.796. The summed E-state index contributed by atoms with van der Waals surface area (Å²) in [6.45, 7) is 0.450. The lowest BCUT2D eigenvalue weighted by molar-refractivity contribution is -0.548. The second-order valence-corrected chi connectivity index (χ2v) is 7.22. The van der Waals surface area contributed by atoms with Crippen LogP contribution in [0.25, 0.3) is 0 Å². The van der Waals surface area contributed by atoms with E-state index in [4.69, 9.17) is 16.7 Å². The normalized spacial score (nSPS) is 20.3. The van der Waals surface area contributed by atoms with E-state index in [1.807, 2.05) is 16.7 Å². The minimum absolute atomic E-state index is 0.00108. The standard InChI is InChI=1S/C16H18ClN4O3S/c1-19-13-12(14(23)20(2)16(19)24)21(15(18-13)25-8-7-22)9-10-3-5-11(17)6-4-10/h3-6,12,22H,7-9H2,1-2H3/q+1. The number of fused-ring (bicyclic) bond motifs is 1. The highest BCUT2D eigenvalue weighted by Crippen LogP contribution is 2.24. The van der Waals surface area contributed by atoms with Crippen molar-refractivity contribution in [1.82, 2.24) is 9.80 Å². The monoisotopic (exact) mass is 381 g/mol. The van der Waals surface area contributed by atoms with Crippen LogP contribution in [0.4, 0.5) is 4.79 Å². The van der Waals surface area contributed by atoms with Crippen molar-refractivity contribution >= 4 is 46.3 Å². The summed E-state index contributed by atoms with van der Waals surface area (Å²) in [5.41, 5.74) is 0.970. The Bertz CT molecular complexity index is 778. The number of amidine groups is 2. The second-order valence-electron chi connectivity index (χ2n) is 5.72. The Morgan fingerprint density at radius 3 is 2.56 bits per heavy atom. The number of aliphatic imine (C=N–C) groups is 1. The summed E-state index contributed by atoms with van der Waals surface area (Å²) in [7, 11) is 3.08. The van der Waals surface area contributed by atoms with Crippen LogP contribution >= 0.6 is 23.4 Å². The number of benzene rings is 1. The molecule has 1 saturated heterocycles. The molecule has 3 rings (SSSR count). The Hall–Kier alpha value is -1.90. The molecule has 0 aromatic heterocycles. The Morgan fingerprint density at radius 1 is 1.24 bits per heavy atom. The van der Waals surface area contributed by atoms with Crippen LogP contribution in [0.15, 0.2) is 29.3 Å². The van der Waals surface area contributed by atoms with Crippen molar-refractivity contribution in [3.8, 4) is 0 Å². The summed E-state index contributed by atoms with van der Waals surface area (Å²) >= 11 is 7.29. The van der Waals surface area contributed by atoms with Crippen LogP contribution in [-0.2, 0) is 11.3 Å². The van der Waals surface area contributed by atoms with Crippen molar-refractivity contribution in [3.05, 3.63) is 34.9 Å². The fraction of sp³-hybridized carbons (Fsp3) is 0.375. The number of thioether (sulfide) groups is 1. The molecule has 9 heteroatoms. The van der Waals surface area contributed by atoms with Gasteiger partial charge >= 0.3 is 11.2 Å². The molecule has 1 atom stereocenters. The minimum Gasteiger partial charge on any atom is -0.396 e. The first-order valence-corrected chi connectivity index (χ1v) is 9.06. The number of carbonyl (C=O) groups is 2. The van der Waals surface area contributed by atoms with E-state index in [2.05, 4.69) is 4.99 Å². The number of halogens is 1. The molecule has 3 amide bonds. The molecule has 0 bridgehead atoms. The number of urea groups is 1. The zero-order chi connectivity index (χ0) is 18.1. The number of imide groups is 1. The van der Waals surface area contributed by atoms with Crippen molar-refractivity contribution in [2.24, 2.45) is 4.99 Å². The number of aliphatic hydroxyl groups is 1. The van der Waals surface area contributed by atoms with Crippen molar-refractivity contribution in [2.75, 3.05) is 26.5 Å². The maximum Gasteiger partial charge on any atom is 0.358 e. The van der Waals surface area contributed by atoms with Gasteiger partial charge in [0.15, 0.2) is 0 Å². The Kier molecular flexibility index (Phi) is 5.12. The molecule has 7 nitrogen and oxygen atoms in total. The predicted octanol–water partition coefficient (Wildman–Crippen LogP) is 1.24. The molecule has 1 unspecified atom stereocenters. The van der Waals surface area contributed by atoms with Gasteiger partial charge in [-0.05, 0) is 34.5 Å². The van der Waals surface area contributed by atoms with Gasteiger partial charge in [0.25, 0.3) is 17.8 Å². The third kappa shape index (κ3) is 3.29. The molecule has 2 aliphatic heterocycles. The maximum atomic E-state index is 12.7. The van der Waals surface area contributed by atoms with E-state index in [1.165, 1.54) is 23.7 Å². The van der Waals surface area contributed by atoms with Crippen LogP contribution in [0.3, 0.4) is 0 Å². The van der Waals surface area contributed by atoms with Gasteiger partial charge in [0.05, 0.1) is 6.61 Å². The van der Waals surface area contributed by atoms with Crippen LogP contribution in [0.2, 0.25) is 5.02 Å². The van der Waals surface area contributed by atoms with Gasteiger partial charge in [-0.1, -0.05) is 23.7 Å². The van der Waals surface area contributed by atoms with Crippen molar-refractivity contribution < 1.29 is 19.3 Å². The molecule has 132 valence electrons. The Labute approximate surface area is 154 Å². The minimum atomic E-state index is -0.649. The fourth-order valence-electron chi connectivity index (χ4n) is 2.77. The first-order valence-electron chi connectivity index (χ1n) is 7.69. The molecular weight excluding hydrogens is 364 g/mol. The second kappa shape index (κ2) is 7.15.